The first-order chi connectivity index (χ1) is 7.61. The molecule has 0 rings (SSSR count). The third kappa shape index (κ3) is 7.55. The lowest BCUT2D eigenvalue weighted by atomic mass is 10.3. The lowest BCUT2D eigenvalue weighted by molar-refractivity contribution is -0.129. The Morgan fingerprint density at radius 3 is 2.88 bits per heavy atom. The highest BCUT2D eigenvalue weighted by atomic mass is 32.2. The van der Waals surface area contributed by atoms with Crippen LogP contribution in [0.1, 0.15) is 26.2 Å². The molecule has 0 aromatic heterocycles. The lowest BCUT2D eigenvalue weighted by Gasteiger charge is -2.16. The number of nitriles is 1. The smallest absolute Gasteiger partial charge is 0.223 e. The van der Waals surface area contributed by atoms with Gasteiger partial charge in [-0.2, -0.15) is 17.0 Å². The second-order valence-electron chi connectivity index (χ2n) is 3.67. The van der Waals surface area contributed by atoms with Gasteiger partial charge >= 0.3 is 0 Å². The van der Waals surface area contributed by atoms with Crippen LogP contribution in [0.3, 0.4) is 0 Å². The van der Waals surface area contributed by atoms with Crippen molar-refractivity contribution in [2.45, 2.75) is 31.4 Å². The fourth-order valence-corrected chi connectivity index (χ4v) is 2.11. The molecular weight excluding hydrogens is 224 g/mol. The van der Waals surface area contributed by atoms with E-state index in [0.29, 0.717) is 24.6 Å². The summed E-state index contributed by atoms with van der Waals surface area (Å²) in [6, 6.07) is 2.02. The number of aliphatic hydroxyl groups is 1. The molecule has 16 heavy (non-hydrogen) atoms. The summed E-state index contributed by atoms with van der Waals surface area (Å²) in [4.78, 5) is 13.1. The minimum absolute atomic E-state index is 0.0824. The summed E-state index contributed by atoms with van der Waals surface area (Å²) in [6.07, 6.45) is 1.65. The van der Waals surface area contributed by atoms with E-state index in [4.69, 9.17) is 10.4 Å². The van der Waals surface area contributed by atoms with Crippen molar-refractivity contribution >= 4 is 17.7 Å². The Morgan fingerprint density at radius 2 is 2.31 bits per heavy atom. The maximum absolute atomic E-state index is 11.5. The molecule has 92 valence electrons. The van der Waals surface area contributed by atoms with Gasteiger partial charge in [0.05, 0.1) is 12.5 Å². The number of nitrogens with zero attached hydrogens (tertiary/aromatic N) is 2. The van der Waals surface area contributed by atoms with Crippen molar-refractivity contribution in [3.05, 3.63) is 0 Å². The summed E-state index contributed by atoms with van der Waals surface area (Å²) < 4.78 is 0. The van der Waals surface area contributed by atoms with Gasteiger partial charge < -0.3 is 10.0 Å². The van der Waals surface area contributed by atoms with Crippen LogP contribution in [0.5, 0.6) is 0 Å². The molecule has 0 aliphatic heterocycles. The average Bonchev–Trinajstić information content (AvgIpc) is 2.26. The van der Waals surface area contributed by atoms with Crippen molar-refractivity contribution in [3.8, 4) is 6.07 Å². The zero-order valence-electron chi connectivity index (χ0n) is 9.98. The summed E-state index contributed by atoms with van der Waals surface area (Å²) in [6.45, 7) is 2.75. The molecule has 0 saturated carbocycles. The Labute approximate surface area is 102 Å². The SMILES string of the molecule is CC(CCO)SCCC(=O)N(C)CCC#N. The maximum Gasteiger partial charge on any atom is 0.223 e. The Kier molecular flexibility index (Phi) is 9.06. The highest BCUT2D eigenvalue weighted by Crippen LogP contribution is 2.14. The van der Waals surface area contributed by atoms with Crippen LogP contribution in [-0.2, 0) is 4.79 Å². The van der Waals surface area contributed by atoms with E-state index in [0.717, 1.165) is 12.2 Å². The molecule has 1 N–H and O–H groups in total. The standard InChI is InChI=1S/C11H20N2O2S/c1-10(4-8-14)16-9-5-11(15)13(2)7-3-6-12/h10,14H,3-5,7-9H2,1-2H3. The van der Waals surface area contributed by atoms with Crippen LogP contribution in [0.4, 0.5) is 0 Å². The average molecular weight is 244 g/mol. The van der Waals surface area contributed by atoms with Crippen LogP contribution in [0.25, 0.3) is 0 Å². The number of rotatable bonds is 8. The van der Waals surface area contributed by atoms with E-state index in [-0.39, 0.29) is 12.5 Å². The monoisotopic (exact) mass is 244 g/mol. The number of amides is 1. The van der Waals surface area contributed by atoms with Crippen molar-refractivity contribution in [2.75, 3.05) is 26.0 Å². The first-order valence-corrected chi connectivity index (χ1v) is 6.50. The molecule has 0 aliphatic carbocycles. The van der Waals surface area contributed by atoms with E-state index in [1.54, 1.807) is 23.7 Å². The van der Waals surface area contributed by atoms with Gasteiger partial charge in [0.1, 0.15) is 0 Å². The number of carbonyl (C=O) groups excluding carboxylic acids is 1. The molecule has 1 amide bonds. The number of aliphatic hydroxyl groups excluding tert-OH is 1. The fraction of sp³-hybridized carbons (Fsp3) is 0.818. The second-order valence-corrected chi connectivity index (χ2v) is 5.21. The van der Waals surface area contributed by atoms with Gasteiger partial charge in [0.2, 0.25) is 5.91 Å². The molecule has 0 aromatic carbocycles. The maximum atomic E-state index is 11.5. The topological polar surface area (TPSA) is 64.3 Å². The summed E-state index contributed by atoms with van der Waals surface area (Å²) in [5.74, 6) is 0.857. The van der Waals surface area contributed by atoms with E-state index in [2.05, 4.69) is 0 Å². The lowest BCUT2D eigenvalue weighted by Crippen LogP contribution is -2.27. The Balaban J connectivity index is 3.61. The van der Waals surface area contributed by atoms with E-state index < -0.39 is 0 Å². The molecule has 0 bridgehead atoms. The number of hydrogen-bond acceptors (Lipinski definition) is 4. The number of carbonyl (C=O) groups is 1. The molecule has 1 unspecified atom stereocenters. The van der Waals surface area contributed by atoms with E-state index >= 15 is 0 Å². The Hall–Kier alpha value is -0.730. The van der Waals surface area contributed by atoms with Crippen LogP contribution in [0, 0.1) is 11.3 Å². The van der Waals surface area contributed by atoms with E-state index in [1.807, 2.05) is 13.0 Å². The minimum Gasteiger partial charge on any atom is -0.396 e. The molecule has 0 fully saturated rings. The van der Waals surface area contributed by atoms with Crippen molar-refractivity contribution in [1.29, 1.82) is 5.26 Å². The summed E-state index contributed by atoms with van der Waals surface area (Å²) in [5.41, 5.74) is 0. The van der Waals surface area contributed by atoms with Gasteiger partial charge in [-0.15, -0.1) is 0 Å². The van der Waals surface area contributed by atoms with Crippen LogP contribution in [0.15, 0.2) is 0 Å². The quantitative estimate of drug-likeness (QED) is 0.698. The third-order valence-electron chi connectivity index (χ3n) is 2.24. The third-order valence-corrected chi connectivity index (χ3v) is 3.48. The van der Waals surface area contributed by atoms with Crippen LogP contribution in [0.2, 0.25) is 0 Å². The minimum atomic E-state index is 0.0824. The highest BCUT2D eigenvalue weighted by molar-refractivity contribution is 7.99. The fourth-order valence-electron chi connectivity index (χ4n) is 1.15. The van der Waals surface area contributed by atoms with Gasteiger partial charge in [0, 0.05) is 37.6 Å². The van der Waals surface area contributed by atoms with Crippen molar-refractivity contribution in [1.82, 2.24) is 4.90 Å². The van der Waals surface area contributed by atoms with Gasteiger partial charge in [-0.05, 0) is 6.42 Å². The number of hydrogen-bond donors (Lipinski definition) is 1. The van der Waals surface area contributed by atoms with E-state index in [9.17, 15) is 4.79 Å². The zero-order chi connectivity index (χ0) is 12.4. The zero-order valence-corrected chi connectivity index (χ0v) is 10.8. The second kappa shape index (κ2) is 9.49. The molecule has 4 nitrogen and oxygen atoms in total. The molecule has 1 atom stereocenters. The number of thioether (sulfide) groups is 1. The van der Waals surface area contributed by atoms with Crippen LogP contribution < -0.4 is 0 Å². The molecule has 0 radical (unpaired) electrons. The van der Waals surface area contributed by atoms with Gasteiger partial charge in [0.25, 0.3) is 0 Å². The predicted octanol–water partition coefficient (Wildman–Crippen LogP) is 1.25. The Morgan fingerprint density at radius 1 is 1.62 bits per heavy atom. The van der Waals surface area contributed by atoms with Crippen LogP contribution in [-0.4, -0.2) is 47.1 Å². The van der Waals surface area contributed by atoms with Gasteiger partial charge in [-0.3, -0.25) is 4.79 Å². The predicted molar refractivity (Wildman–Crippen MR) is 66.1 cm³/mol. The molecular formula is C11H20N2O2S. The first-order valence-electron chi connectivity index (χ1n) is 5.45. The largest absolute Gasteiger partial charge is 0.396 e. The van der Waals surface area contributed by atoms with Gasteiger partial charge in [0.15, 0.2) is 0 Å². The summed E-state index contributed by atoms with van der Waals surface area (Å²) in [7, 11) is 1.72. The van der Waals surface area contributed by atoms with Crippen molar-refractivity contribution in [2.24, 2.45) is 0 Å². The van der Waals surface area contributed by atoms with E-state index in [1.165, 1.54) is 0 Å². The highest BCUT2D eigenvalue weighted by Gasteiger charge is 2.09. The van der Waals surface area contributed by atoms with Crippen molar-refractivity contribution < 1.29 is 9.90 Å². The molecule has 0 saturated heterocycles. The Bertz CT molecular complexity index is 241. The molecule has 0 heterocycles. The normalized spacial score (nSPS) is 11.9. The van der Waals surface area contributed by atoms with Gasteiger partial charge in [-0.25, -0.2) is 0 Å². The molecule has 0 aliphatic rings. The molecule has 0 spiro atoms. The van der Waals surface area contributed by atoms with Gasteiger partial charge in [-0.1, -0.05) is 6.92 Å². The summed E-state index contributed by atoms with van der Waals surface area (Å²) in [5, 5.41) is 17.5. The molecule has 0 aromatic rings. The summed E-state index contributed by atoms with van der Waals surface area (Å²) >= 11 is 1.70. The van der Waals surface area contributed by atoms with Crippen molar-refractivity contribution in [3.63, 3.8) is 0 Å². The molecule has 5 heteroatoms. The van der Waals surface area contributed by atoms with Crippen LogP contribution >= 0.6 is 11.8 Å². The first kappa shape index (κ1) is 15.3.